The molecule has 3 amide bonds. The lowest BCUT2D eigenvalue weighted by molar-refractivity contribution is -0.135. The van der Waals surface area contributed by atoms with E-state index in [1.54, 1.807) is 23.1 Å². The van der Waals surface area contributed by atoms with Crippen LogP contribution in [0.15, 0.2) is 17.0 Å². The summed E-state index contributed by atoms with van der Waals surface area (Å²) in [6, 6.07) is 3.37. The quantitative estimate of drug-likeness (QED) is 0.728. The predicted molar refractivity (Wildman–Crippen MR) is 97.6 cm³/mol. The number of ether oxygens (including phenoxy) is 3. The van der Waals surface area contributed by atoms with Crippen molar-refractivity contribution in [2.24, 2.45) is 0 Å². The molecule has 0 N–H and O–H groups in total. The number of hydrogen-bond donors (Lipinski definition) is 0. The van der Waals surface area contributed by atoms with Crippen LogP contribution in [0.3, 0.4) is 0 Å². The van der Waals surface area contributed by atoms with Gasteiger partial charge in [0.15, 0.2) is 11.5 Å². The van der Waals surface area contributed by atoms with Gasteiger partial charge in [0.2, 0.25) is 12.7 Å². The van der Waals surface area contributed by atoms with Gasteiger partial charge >= 0.3 is 0 Å². The first-order valence-corrected chi connectivity index (χ1v) is 9.39. The number of thioether (sulfide) groups is 1. The van der Waals surface area contributed by atoms with Gasteiger partial charge in [0.05, 0.1) is 12.0 Å². The summed E-state index contributed by atoms with van der Waals surface area (Å²) in [4.78, 5) is 40.1. The minimum Gasteiger partial charge on any atom is -0.496 e. The fourth-order valence-electron chi connectivity index (χ4n) is 3.21. The first-order chi connectivity index (χ1) is 13.1. The fourth-order valence-corrected chi connectivity index (χ4v) is 4.04. The molecule has 2 saturated heterocycles. The van der Waals surface area contributed by atoms with Crippen molar-refractivity contribution in [3.05, 3.63) is 22.6 Å². The third-order valence-electron chi connectivity index (χ3n) is 4.64. The van der Waals surface area contributed by atoms with Crippen molar-refractivity contribution in [1.29, 1.82) is 0 Å². The molecule has 0 unspecified atom stereocenters. The SMILES string of the molecule is COc1cc2c(cc1/C=C1/SC(=O)N(CC(=O)N3CCCC3)C1=O)OCO2. The topological polar surface area (TPSA) is 85.4 Å². The number of fused-ring (bicyclic) bond motifs is 1. The molecule has 0 bridgehead atoms. The molecule has 4 rings (SSSR count). The molecule has 8 nitrogen and oxygen atoms in total. The minimum absolute atomic E-state index is 0.122. The van der Waals surface area contributed by atoms with E-state index in [1.165, 1.54) is 7.11 Å². The fraction of sp³-hybridized carbons (Fsp3) is 0.389. The second-order valence-electron chi connectivity index (χ2n) is 6.30. The standard InChI is InChI=1S/C18H18N2O6S/c1-24-12-8-14-13(25-10-26-14)6-11(12)7-15-17(22)20(18(23)27-15)9-16(21)19-4-2-3-5-19/h6-8H,2-5,9-10H2,1H3/b15-7+. The van der Waals surface area contributed by atoms with Gasteiger partial charge in [-0.2, -0.15) is 0 Å². The molecule has 142 valence electrons. The highest BCUT2D eigenvalue weighted by atomic mass is 32.2. The van der Waals surface area contributed by atoms with Crippen LogP contribution in [0.4, 0.5) is 4.79 Å². The van der Waals surface area contributed by atoms with E-state index >= 15 is 0 Å². The van der Waals surface area contributed by atoms with Gasteiger partial charge in [-0.05, 0) is 36.7 Å². The summed E-state index contributed by atoms with van der Waals surface area (Å²) in [5.74, 6) is 0.937. The molecule has 0 aliphatic carbocycles. The van der Waals surface area contributed by atoms with Crippen LogP contribution in [0.5, 0.6) is 17.2 Å². The molecule has 0 aromatic heterocycles. The van der Waals surface area contributed by atoms with Crippen LogP contribution >= 0.6 is 11.8 Å². The van der Waals surface area contributed by atoms with Gasteiger partial charge in [-0.15, -0.1) is 0 Å². The second-order valence-corrected chi connectivity index (χ2v) is 7.30. The van der Waals surface area contributed by atoms with Crippen LogP contribution in [0.2, 0.25) is 0 Å². The number of methoxy groups -OCH3 is 1. The average molecular weight is 390 g/mol. The van der Waals surface area contributed by atoms with Gasteiger partial charge in [0.25, 0.3) is 11.1 Å². The molecule has 1 aromatic rings. The maximum Gasteiger partial charge on any atom is 0.294 e. The van der Waals surface area contributed by atoms with Crippen LogP contribution in [0.25, 0.3) is 6.08 Å². The molecule has 3 aliphatic heterocycles. The van der Waals surface area contributed by atoms with E-state index in [2.05, 4.69) is 0 Å². The summed E-state index contributed by atoms with van der Waals surface area (Å²) >= 11 is 0.814. The van der Waals surface area contributed by atoms with Crippen molar-refractivity contribution in [3.8, 4) is 17.2 Å². The Hall–Kier alpha value is -2.68. The Labute approximate surface area is 160 Å². The van der Waals surface area contributed by atoms with Gasteiger partial charge in [-0.3, -0.25) is 19.3 Å². The lowest BCUT2D eigenvalue weighted by atomic mass is 10.1. The number of likely N-dealkylation sites (tertiary alicyclic amines) is 1. The van der Waals surface area contributed by atoms with Crippen LogP contribution in [-0.4, -0.2) is 60.4 Å². The van der Waals surface area contributed by atoms with E-state index in [4.69, 9.17) is 14.2 Å². The lowest BCUT2D eigenvalue weighted by Gasteiger charge is -2.18. The molecule has 2 fully saturated rings. The number of carbonyl (C=O) groups is 3. The molecule has 0 saturated carbocycles. The van der Waals surface area contributed by atoms with Gasteiger partial charge in [-0.25, -0.2) is 0 Å². The Balaban J connectivity index is 1.55. The molecule has 3 heterocycles. The highest BCUT2D eigenvalue weighted by Crippen LogP contribution is 2.40. The maximum atomic E-state index is 12.7. The maximum absolute atomic E-state index is 12.7. The summed E-state index contributed by atoms with van der Waals surface area (Å²) in [5, 5.41) is -0.446. The first kappa shape index (κ1) is 17.7. The number of benzene rings is 1. The van der Waals surface area contributed by atoms with Crippen LogP contribution in [0, 0.1) is 0 Å². The van der Waals surface area contributed by atoms with Crippen molar-refractivity contribution in [2.75, 3.05) is 33.5 Å². The summed E-state index contributed by atoms with van der Waals surface area (Å²) in [6.07, 6.45) is 3.49. The number of amides is 3. The largest absolute Gasteiger partial charge is 0.496 e. The smallest absolute Gasteiger partial charge is 0.294 e. The van der Waals surface area contributed by atoms with Crippen molar-refractivity contribution in [2.45, 2.75) is 12.8 Å². The molecule has 0 radical (unpaired) electrons. The number of carbonyl (C=O) groups excluding carboxylic acids is 3. The van der Waals surface area contributed by atoms with Crippen molar-refractivity contribution >= 4 is 34.9 Å². The van der Waals surface area contributed by atoms with E-state index in [1.807, 2.05) is 0 Å². The molecule has 9 heteroatoms. The molecule has 0 atom stereocenters. The Morgan fingerprint density at radius 3 is 2.63 bits per heavy atom. The van der Waals surface area contributed by atoms with Crippen LogP contribution < -0.4 is 14.2 Å². The second kappa shape index (κ2) is 7.15. The number of nitrogens with zero attached hydrogens (tertiary/aromatic N) is 2. The molecular formula is C18H18N2O6S. The number of imide groups is 1. The van der Waals surface area contributed by atoms with E-state index in [-0.39, 0.29) is 24.2 Å². The highest BCUT2D eigenvalue weighted by molar-refractivity contribution is 8.18. The van der Waals surface area contributed by atoms with Crippen molar-refractivity contribution in [3.63, 3.8) is 0 Å². The van der Waals surface area contributed by atoms with Crippen molar-refractivity contribution < 1.29 is 28.6 Å². The van der Waals surface area contributed by atoms with Gasteiger partial charge in [-0.1, -0.05) is 0 Å². The zero-order valence-corrected chi connectivity index (χ0v) is 15.5. The molecule has 3 aliphatic rings. The van der Waals surface area contributed by atoms with Gasteiger partial charge in [0, 0.05) is 24.7 Å². The number of rotatable bonds is 4. The average Bonchev–Trinajstić information content (AvgIpc) is 3.39. The van der Waals surface area contributed by atoms with Crippen LogP contribution in [0.1, 0.15) is 18.4 Å². The van der Waals surface area contributed by atoms with E-state index in [0.717, 1.165) is 29.5 Å². The Bertz CT molecular complexity index is 846. The molecule has 1 aromatic carbocycles. The third-order valence-corrected chi connectivity index (χ3v) is 5.54. The first-order valence-electron chi connectivity index (χ1n) is 8.57. The molecule has 0 spiro atoms. The van der Waals surface area contributed by atoms with E-state index < -0.39 is 11.1 Å². The molecule has 27 heavy (non-hydrogen) atoms. The van der Waals surface area contributed by atoms with Crippen molar-refractivity contribution in [1.82, 2.24) is 9.80 Å². The minimum atomic E-state index is -0.475. The van der Waals surface area contributed by atoms with Gasteiger partial charge in [0.1, 0.15) is 12.3 Å². The van der Waals surface area contributed by atoms with Crippen LogP contribution in [-0.2, 0) is 9.59 Å². The zero-order chi connectivity index (χ0) is 19.0. The molecular weight excluding hydrogens is 372 g/mol. The monoisotopic (exact) mass is 390 g/mol. The lowest BCUT2D eigenvalue weighted by Crippen LogP contribution is -2.40. The Morgan fingerprint density at radius 1 is 1.22 bits per heavy atom. The highest BCUT2D eigenvalue weighted by Gasteiger charge is 2.37. The summed E-state index contributed by atoms with van der Waals surface area (Å²) in [7, 11) is 1.51. The third kappa shape index (κ3) is 3.34. The van der Waals surface area contributed by atoms with E-state index in [9.17, 15) is 14.4 Å². The summed E-state index contributed by atoms with van der Waals surface area (Å²) < 4.78 is 16.0. The number of hydrogen-bond acceptors (Lipinski definition) is 7. The Kier molecular flexibility index (Phi) is 4.69. The normalized spacial score (nSPS) is 20.1. The summed E-state index contributed by atoms with van der Waals surface area (Å²) in [5.41, 5.74) is 0.595. The zero-order valence-electron chi connectivity index (χ0n) is 14.7. The predicted octanol–water partition coefficient (Wildman–Crippen LogP) is 2.08. The van der Waals surface area contributed by atoms with E-state index in [0.29, 0.717) is 35.9 Å². The van der Waals surface area contributed by atoms with Gasteiger partial charge < -0.3 is 19.1 Å². The summed E-state index contributed by atoms with van der Waals surface area (Å²) in [6.45, 7) is 1.26. The Morgan fingerprint density at radius 2 is 1.93 bits per heavy atom.